The van der Waals surface area contributed by atoms with Crippen LogP contribution >= 0.6 is 0 Å². The van der Waals surface area contributed by atoms with Gasteiger partial charge >= 0.3 is 5.97 Å². The second-order valence-electron chi connectivity index (χ2n) is 2.61. The van der Waals surface area contributed by atoms with Crippen molar-refractivity contribution < 1.29 is 14.3 Å². The molecule has 0 radical (unpaired) electrons. The van der Waals surface area contributed by atoms with E-state index in [1.54, 1.807) is 24.3 Å². The number of aliphatic imine (C=N–C) groups is 1. The van der Waals surface area contributed by atoms with Gasteiger partial charge in [-0.3, -0.25) is 0 Å². The van der Waals surface area contributed by atoms with Crippen LogP contribution in [0.25, 0.3) is 0 Å². The molecule has 1 aliphatic carbocycles. The quantitative estimate of drug-likeness (QED) is 0.375. The number of hydrogen-bond acceptors (Lipinski definition) is 4. The van der Waals surface area contributed by atoms with E-state index in [1.165, 1.54) is 13.2 Å². The van der Waals surface area contributed by atoms with Gasteiger partial charge in [0.1, 0.15) is 0 Å². The van der Waals surface area contributed by atoms with Crippen molar-refractivity contribution in [3.8, 4) is 0 Å². The zero-order valence-corrected chi connectivity index (χ0v) is 7.69. The summed E-state index contributed by atoms with van der Waals surface area (Å²) in [5.41, 5.74) is 0.955. The lowest BCUT2D eigenvalue weighted by Crippen LogP contribution is -2.04. The molecule has 0 heterocycles. The van der Waals surface area contributed by atoms with Crippen LogP contribution in [0.2, 0.25) is 0 Å². The predicted molar refractivity (Wildman–Crippen MR) is 50.1 cm³/mol. The van der Waals surface area contributed by atoms with E-state index in [9.17, 15) is 9.59 Å². The Balaban J connectivity index is 2.88. The molecule has 0 spiro atoms. The smallest absolute Gasteiger partial charge is 0.334 e. The summed E-state index contributed by atoms with van der Waals surface area (Å²) in [5, 5.41) is 0. The third-order valence-corrected chi connectivity index (χ3v) is 1.71. The lowest BCUT2D eigenvalue weighted by atomic mass is 10.1. The minimum Gasteiger partial charge on any atom is -0.466 e. The van der Waals surface area contributed by atoms with Crippen molar-refractivity contribution in [3.63, 3.8) is 0 Å². The Morgan fingerprint density at radius 2 is 2.21 bits per heavy atom. The Labute approximate surface area is 81.3 Å². The summed E-state index contributed by atoms with van der Waals surface area (Å²) in [7, 11) is 1.31. The average Bonchev–Trinajstić information content (AvgIpc) is 2.43. The van der Waals surface area contributed by atoms with Crippen LogP contribution in [-0.2, 0) is 14.3 Å². The van der Waals surface area contributed by atoms with Crippen molar-refractivity contribution in [3.05, 3.63) is 35.6 Å². The number of hydrogen-bond donors (Lipinski definition) is 0. The number of nitrogens with zero attached hydrogens (tertiary/aromatic N) is 1. The molecule has 0 aliphatic heterocycles. The molecule has 0 atom stereocenters. The van der Waals surface area contributed by atoms with Gasteiger partial charge in [0.15, 0.2) is 0 Å². The highest BCUT2D eigenvalue weighted by molar-refractivity contribution is 5.89. The van der Waals surface area contributed by atoms with Gasteiger partial charge in [-0.05, 0) is 6.08 Å². The van der Waals surface area contributed by atoms with Gasteiger partial charge in [-0.1, -0.05) is 18.2 Å². The fourth-order valence-corrected chi connectivity index (χ4v) is 1.06. The van der Waals surface area contributed by atoms with Gasteiger partial charge in [0, 0.05) is 12.0 Å². The van der Waals surface area contributed by atoms with E-state index in [2.05, 4.69) is 9.73 Å². The number of allylic oxidation sites excluding steroid dienone is 5. The zero-order valence-electron chi connectivity index (χ0n) is 7.69. The zero-order chi connectivity index (χ0) is 10.4. The number of isocyanates is 1. The highest BCUT2D eigenvalue weighted by Gasteiger charge is 2.11. The molecule has 72 valence electrons. The lowest BCUT2D eigenvalue weighted by Gasteiger charge is -2.02. The minimum atomic E-state index is -0.413. The van der Waals surface area contributed by atoms with Crippen molar-refractivity contribution in [1.29, 1.82) is 0 Å². The maximum Gasteiger partial charge on any atom is 0.334 e. The number of carbonyl (C=O) groups excluding carboxylic acids is 2. The lowest BCUT2D eigenvalue weighted by molar-refractivity contribution is -0.136. The molecule has 0 amide bonds. The van der Waals surface area contributed by atoms with E-state index in [0.717, 1.165) is 0 Å². The van der Waals surface area contributed by atoms with Crippen LogP contribution in [-0.4, -0.2) is 19.2 Å². The summed E-state index contributed by atoms with van der Waals surface area (Å²) >= 11 is 0. The molecule has 0 N–H and O–H groups in total. The third-order valence-electron chi connectivity index (χ3n) is 1.71. The van der Waals surface area contributed by atoms with Crippen molar-refractivity contribution in [1.82, 2.24) is 0 Å². The molecule has 0 aromatic heterocycles. The fraction of sp³-hybridized carbons (Fsp3) is 0.200. The highest BCUT2D eigenvalue weighted by Crippen LogP contribution is 2.16. The Morgan fingerprint density at radius 1 is 1.50 bits per heavy atom. The van der Waals surface area contributed by atoms with Gasteiger partial charge < -0.3 is 4.74 Å². The number of rotatable bonds is 2. The van der Waals surface area contributed by atoms with Crippen LogP contribution in [0.1, 0.15) is 6.42 Å². The molecular formula is C10H9NO3. The summed E-state index contributed by atoms with van der Waals surface area (Å²) in [6.45, 7) is 0. The van der Waals surface area contributed by atoms with Gasteiger partial charge in [-0.15, -0.1) is 0 Å². The van der Waals surface area contributed by atoms with Crippen LogP contribution in [0.3, 0.4) is 0 Å². The second-order valence-corrected chi connectivity index (χ2v) is 2.61. The van der Waals surface area contributed by atoms with Crippen LogP contribution in [0, 0.1) is 0 Å². The Bertz CT molecular complexity index is 371. The topological polar surface area (TPSA) is 55.7 Å². The number of ether oxygens (including phenoxy) is 1. The van der Waals surface area contributed by atoms with E-state index < -0.39 is 5.97 Å². The van der Waals surface area contributed by atoms with Crippen molar-refractivity contribution in [2.75, 3.05) is 7.11 Å². The standard InChI is InChI=1S/C10H9NO3/c1-14-10(13)8-4-2-3-5-9(6-8)11-7-12/h2-5H,6H2,1H3. The molecule has 0 saturated heterocycles. The van der Waals surface area contributed by atoms with Crippen molar-refractivity contribution in [2.24, 2.45) is 4.99 Å². The molecule has 0 bridgehead atoms. The highest BCUT2D eigenvalue weighted by atomic mass is 16.5. The molecule has 14 heavy (non-hydrogen) atoms. The van der Waals surface area contributed by atoms with E-state index in [0.29, 0.717) is 11.3 Å². The number of esters is 1. The SMILES string of the molecule is COC(=O)C1=CC=CC=C(N=C=O)C1. The second kappa shape index (κ2) is 4.94. The summed E-state index contributed by atoms with van der Waals surface area (Å²) in [6, 6.07) is 0. The molecule has 4 heteroatoms. The summed E-state index contributed by atoms with van der Waals surface area (Å²) in [6.07, 6.45) is 8.40. The summed E-state index contributed by atoms with van der Waals surface area (Å²) < 4.78 is 4.56. The van der Waals surface area contributed by atoms with Crippen LogP contribution in [0.5, 0.6) is 0 Å². The minimum absolute atomic E-state index is 0.287. The summed E-state index contributed by atoms with van der Waals surface area (Å²) in [4.78, 5) is 24.7. The third kappa shape index (κ3) is 2.54. The van der Waals surface area contributed by atoms with Gasteiger partial charge in [-0.2, -0.15) is 4.99 Å². The maximum atomic E-state index is 11.2. The van der Waals surface area contributed by atoms with Crippen molar-refractivity contribution >= 4 is 12.0 Å². The van der Waals surface area contributed by atoms with Crippen LogP contribution in [0.4, 0.5) is 0 Å². The normalized spacial score (nSPS) is 14.6. The average molecular weight is 191 g/mol. The Hall–Kier alpha value is -1.93. The predicted octanol–water partition coefficient (Wildman–Crippen LogP) is 1.27. The molecule has 1 rings (SSSR count). The van der Waals surface area contributed by atoms with Gasteiger partial charge in [-0.25, -0.2) is 9.59 Å². The Kier molecular flexibility index (Phi) is 3.58. The molecule has 4 nitrogen and oxygen atoms in total. The van der Waals surface area contributed by atoms with Crippen molar-refractivity contribution in [2.45, 2.75) is 6.42 Å². The largest absolute Gasteiger partial charge is 0.466 e. The number of carbonyl (C=O) groups is 1. The molecule has 0 saturated carbocycles. The number of methoxy groups -OCH3 is 1. The van der Waals surface area contributed by atoms with E-state index >= 15 is 0 Å². The van der Waals surface area contributed by atoms with Gasteiger partial charge in [0.25, 0.3) is 0 Å². The van der Waals surface area contributed by atoms with Crippen LogP contribution in [0.15, 0.2) is 40.6 Å². The molecule has 0 unspecified atom stereocenters. The van der Waals surface area contributed by atoms with Crippen LogP contribution < -0.4 is 0 Å². The fourth-order valence-electron chi connectivity index (χ4n) is 1.06. The first-order valence-electron chi connectivity index (χ1n) is 4.00. The van der Waals surface area contributed by atoms with Gasteiger partial charge in [0.2, 0.25) is 6.08 Å². The molecular weight excluding hydrogens is 182 g/mol. The molecule has 0 aromatic carbocycles. The van der Waals surface area contributed by atoms with Gasteiger partial charge in [0.05, 0.1) is 12.8 Å². The summed E-state index contributed by atoms with van der Waals surface area (Å²) in [5.74, 6) is -0.413. The Morgan fingerprint density at radius 3 is 2.86 bits per heavy atom. The first-order valence-corrected chi connectivity index (χ1v) is 4.00. The monoisotopic (exact) mass is 191 g/mol. The van der Waals surface area contributed by atoms with E-state index in [4.69, 9.17) is 0 Å². The first kappa shape index (κ1) is 10.2. The first-order chi connectivity index (χ1) is 6.77. The molecule has 0 fully saturated rings. The molecule has 0 aromatic rings. The van der Waals surface area contributed by atoms with E-state index in [-0.39, 0.29) is 6.42 Å². The van der Waals surface area contributed by atoms with E-state index in [1.807, 2.05) is 0 Å². The molecule has 1 aliphatic rings. The maximum absolute atomic E-state index is 11.2.